The Kier molecular flexibility index (Phi) is 4.25. The van der Waals surface area contributed by atoms with Gasteiger partial charge in [-0.3, -0.25) is 0 Å². The average Bonchev–Trinajstić information content (AvgIpc) is 2.69. The number of rotatable bonds is 2. The van der Waals surface area contributed by atoms with Crippen molar-refractivity contribution < 1.29 is 9.90 Å². The molecule has 1 N–H and O–H groups in total. The van der Waals surface area contributed by atoms with Crippen LogP contribution in [0.5, 0.6) is 0 Å². The number of carboxylic acid groups (broad SMARTS) is 1. The molecule has 4 heteroatoms. The van der Waals surface area contributed by atoms with Gasteiger partial charge in [-0.1, -0.05) is 48.5 Å². The van der Waals surface area contributed by atoms with E-state index in [1.165, 1.54) is 32.4 Å². The second-order valence-corrected chi connectivity index (χ2v) is 6.78. The number of piperazine rings is 1. The number of nitrogens with zero attached hydrogens (tertiary/aromatic N) is 2. The number of anilines is 1. The Hall–Kier alpha value is -3.01. The predicted octanol–water partition coefficient (Wildman–Crippen LogP) is 4.62. The molecular formula is C22H22N2O2. The van der Waals surface area contributed by atoms with Gasteiger partial charge in [-0.25, -0.2) is 4.79 Å². The van der Waals surface area contributed by atoms with Gasteiger partial charge in [-0.15, -0.1) is 0 Å². The van der Waals surface area contributed by atoms with Gasteiger partial charge in [-0.05, 0) is 46.5 Å². The van der Waals surface area contributed by atoms with E-state index in [0.717, 1.165) is 18.8 Å². The number of amides is 1. The SMILES string of the molecule is Cc1ccc(-c2ccc(N3CCN(C(=O)O)CC3)cc2)c2ccccc12. The number of hydrogen-bond acceptors (Lipinski definition) is 2. The maximum absolute atomic E-state index is 11.0. The van der Waals surface area contributed by atoms with Crippen LogP contribution in [0.15, 0.2) is 60.7 Å². The van der Waals surface area contributed by atoms with Crippen molar-refractivity contribution in [1.82, 2.24) is 4.90 Å². The molecule has 0 saturated carbocycles. The van der Waals surface area contributed by atoms with E-state index in [2.05, 4.69) is 72.5 Å². The smallest absolute Gasteiger partial charge is 0.407 e. The van der Waals surface area contributed by atoms with Gasteiger partial charge in [0.1, 0.15) is 0 Å². The van der Waals surface area contributed by atoms with E-state index in [4.69, 9.17) is 5.11 Å². The highest BCUT2D eigenvalue weighted by atomic mass is 16.4. The number of benzene rings is 3. The summed E-state index contributed by atoms with van der Waals surface area (Å²) in [4.78, 5) is 14.8. The molecule has 0 bridgehead atoms. The van der Waals surface area contributed by atoms with Crippen molar-refractivity contribution in [3.8, 4) is 11.1 Å². The summed E-state index contributed by atoms with van der Waals surface area (Å²) in [5.74, 6) is 0. The fourth-order valence-corrected chi connectivity index (χ4v) is 3.71. The Morgan fingerprint density at radius 3 is 2.15 bits per heavy atom. The van der Waals surface area contributed by atoms with Gasteiger partial charge in [0, 0.05) is 31.9 Å². The second-order valence-electron chi connectivity index (χ2n) is 6.78. The van der Waals surface area contributed by atoms with Gasteiger partial charge in [-0.2, -0.15) is 0 Å². The molecule has 3 aromatic rings. The van der Waals surface area contributed by atoms with Crippen molar-refractivity contribution in [2.24, 2.45) is 0 Å². The molecule has 0 aromatic heterocycles. The lowest BCUT2D eigenvalue weighted by Gasteiger charge is -2.34. The first-order valence-corrected chi connectivity index (χ1v) is 8.95. The van der Waals surface area contributed by atoms with Crippen LogP contribution in [0.3, 0.4) is 0 Å². The van der Waals surface area contributed by atoms with Crippen molar-refractivity contribution in [1.29, 1.82) is 0 Å². The van der Waals surface area contributed by atoms with Crippen molar-refractivity contribution in [3.05, 3.63) is 66.2 Å². The van der Waals surface area contributed by atoms with Gasteiger partial charge >= 0.3 is 6.09 Å². The molecular weight excluding hydrogens is 324 g/mol. The topological polar surface area (TPSA) is 43.8 Å². The van der Waals surface area contributed by atoms with Crippen LogP contribution < -0.4 is 4.90 Å². The van der Waals surface area contributed by atoms with Crippen LogP contribution in [0.1, 0.15) is 5.56 Å². The highest BCUT2D eigenvalue weighted by Gasteiger charge is 2.20. The van der Waals surface area contributed by atoms with E-state index in [0.29, 0.717) is 13.1 Å². The summed E-state index contributed by atoms with van der Waals surface area (Å²) in [6, 6.07) is 21.5. The Labute approximate surface area is 153 Å². The van der Waals surface area contributed by atoms with Gasteiger partial charge in [0.25, 0.3) is 0 Å². The molecule has 3 aromatic carbocycles. The highest BCUT2D eigenvalue weighted by molar-refractivity contribution is 5.98. The molecule has 0 atom stereocenters. The summed E-state index contributed by atoms with van der Waals surface area (Å²) in [6.07, 6.45) is -0.828. The minimum absolute atomic E-state index is 0.555. The summed E-state index contributed by atoms with van der Waals surface area (Å²) >= 11 is 0. The predicted molar refractivity (Wildman–Crippen MR) is 106 cm³/mol. The third kappa shape index (κ3) is 2.99. The first-order valence-electron chi connectivity index (χ1n) is 8.95. The molecule has 0 aliphatic carbocycles. The summed E-state index contributed by atoms with van der Waals surface area (Å²) in [7, 11) is 0. The molecule has 1 amide bonds. The van der Waals surface area contributed by atoms with Crippen LogP contribution in [0.25, 0.3) is 21.9 Å². The van der Waals surface area contributed by atoms with Crippen LogP contribution in [0.2, 0.25) is 0 Å². The maximum Gasteiger partial charge on any atom is 0.407 e. The molecule has 0 radical (unpaired) electrons. The quantitative estimate of drug-likeness (QED) is 0.736. The zero-order valence-electron chi connectivity index (χ0n) is 14.9. The molecule has 0 spiro atoms. The average molecular weight is 346 g/mol. The van der Waals surface area contributed by atoms with Crippen molar-refractivity contribution in [2.45, 2.75) is 6.92 Å². The third-order valence-corrected chi connectivity index (χ3v) is 5.24. The first kappa shape index (κ1) is 16.5. The molecule has 4 nitrogen and oxygen atoms in total. The van der Waals surface area contributed by atoms with Crippen LogP contribution in [-0.4, -0.2) is 42.3 Å². The molecule has 1 saturated heterocycles. The van der Waals surface area contributed by atoms with E-state index in [-0.39, 0.29) is 0 Å². The Bertz CT molecular complexity index is 942. The van der Waals surface area contributed by atoms with Crippen LogP contribution in [0.4, 0.5) is 10.5 Å². The van der Waals surface area contributed by atoms with Gasteiger partial charge in [0.15, 0.2) is 0 Å². The fourth-order valence-electron chi connectivity index (χ4n) is 3.71. The lowest BCUT2D eigenvalue weighted by atomic mass is 9.95. The summed E-state index contributed by atoms with van der Waals surface area (Å²) in [5.41, 5.74) is 4.88. The van der Waals surface area contributed by atoms with E-state index in [1.54, 1.807) is 0 Å². The van der Waals surface area contributed by atoms with E-state index < -0.39 is 6.09 Å². The zero-order valence-corrected chi connectivity index (χ0v) is 14.9. The fraction of sp³-hybridized carbons (Fsp3) is 0.227. The molecule has 1 fully saturated rings. The van der Waals surface area contributed by atoms with E-state index in [1.807, 2.05) is 0 Å². The standard InChI is InChI=1S/C22H22N2O2/c1-16-6-11-20(21-5-3-2-4-19(16)21)17-7-9-18(10-8-17)23-12-14-24(15-13-23)22(25)26/h2-11H,12-15H2,1H3,(H,25,26). The Morgan fingerprint density at radius 2 is 1.50 bits per heavy atom. The normalized spacial score (nSPS) is 14.7. The number of hydrogen-bond donors (Lipinski definition) is 1. The van der Waals surface area contributed by atoms with E-state index in [9.17, 15) is 4.79 Å². The minimum Gasteiger partial charge on any atom is -0.465 e. The van der Waals surface area contributed by atoms with Crippen LogP contribution in [0, 0.1) is 6.92 Å². The van der Waals surface area contributed by atoms with Crippen molar-refractivity contribution in [2.75, 3.05) is 31.1 Å². The minimum atomic E-state index is -0.828. The van der Waals surface area contributed by atoms with Crippen LogP contribution in [-0.2, 0) is 0 Å². The largest absolute Gasteiger partial charge is 0.465 e. The number of aryl methyl sites for hydroxylation is 1. The number of carbonyl (C=O) groups is 1. The van der Waals surface area contributed by atoms with Crippen molar-refractivity contribution >= 4 is 22.6 Å². The molecule has 4 rings (SSSR count). The molecule has 1 heterocycles. The summed E-state index contributed by atoms with van der Waals surface area (Å²) in [5, 5.41) is 11.6. The monoisotopic (exact) mass is 346 g/mol. The first-order chi connectivity index (χ1) is 12.6. The van der Waals surface area contributed by atoms with E-state index >= 15 is 0 Å². The maximum atomic E-state index is 11.0. The zero-order chi connectivity index (χ0) is 18.1. The molecule has 0 unspecified atom stereocenters. The molecule has 1 aliphatic heterocycles. The lowest BCUT2D eigenvalue weighted by molar-refractivity contribution is 0.142. The third-order valence-electron chi connectivity index (χ3n) is 5.24. The second kappa shape index (κ2) is 6.71. The lowest BCUT2D eigenvalue weighted by Crippen LogP contribution is -2.48. The Morgan fingerprint density at radius 1 is 0.846 bits per heavy atom. The van der Waals surface area contributed by atoms with Gasteiger partial charge in [0.05, 0.1) is 0 Å². The molecule has 26 heavy (non-hydrogen) atoms. The van der Waals surface area contributed by atoms with Crippen molar-refractivity contribution in [3.63, 3.8) is 0 Å². The van der Waals surface area contributed by atoms with Gasteiger partial charge in [0.2, 0.25) is 0 Å². The molecule has 132 valence electrons. The highest BCUT2D eigenvalue weighted by Crippen LogP contribution is 2.31. The van der Waals surface area contributed by atoms with Crippen LogP contribution >= 0.6 is 0 Å². The van der Waals surface area contributed by atoms with Gasteiger partial charge < -0.3 is 14.9 Å². The molecule has 1 aliphatic rings. The Balaban J connectivity index is 1.60. The summed E-state index contributed by atoms with van der Waals surface area (Å²) < 4.78 is 0. The summed E-state index contributed by atoms with van der Waals surface area (Å²) in [6.45, 7) is 4.73. The number of fused-ring (bicyclic) bond motifs is 1.